The number of hydrogen-bond acceptors (Lipinski definition) is 5. The molecule has 2 aromatic rings. The molecule has 3 rings (SSSR count). The molecule has 1 saturated heterocycles. The van der Waals surface area contributed by atoms with E-state index in [9.17, 15) is 4.79 Å². The van der Waals surface area contributed by atoms with E-state index in [1.807, 2.05) is 30.3 Å². The van der Waals surface area contributed by atoms with Gasteiger partial charge in [0.1, 0.15) is 11.5 Å². The third-order valence-electron chi connectivity index (χ3n) is 4.96. The molecule has 1 heterocycles. The van der Waals surface area contributed by atoms with E-state index in [0.29, 0.717) is 18.9 Å². The smallest absolute Gasteiger partial charge is 0.325 e. The molecule has 0 atom stereocenters. The van der Waals surface area contributed by atoms with Crippen LogP contribution < -0.4 is 14.4 Å². The van der Waals surface area contributed by atoms with Crippen LogP contribution in [-0.2, 0) is 4.79 Å². The Bertz CT molecular complexity index is 712. The summed E-state index contributed by atoms with van der Waals surface area (Å²) in [5.74, 6) is 1.16. The molecule has 1 aliphatic rings. The molecule has 0 N–H and O–H groups in total. The molecule has 150 valence electrons. The van der Waals surface area contributed by atoms with E-state index < -0.39 is 0 Å². The van der Waals surface area contributed by atoms with E-state index in [1.165, 1.54) is 24.9 Å². The van der Waals surface area contributed by atoms with Crippen molar-refractivity contribution in [1.29, 1.82) is 0 Å². The lowest BCUT2D eigenvalue weighted by Crippen LogP contribution is -2.36. The van der Waals surface area contributed by atoms with Gasteiger partial charge in [0.2, 0.25) is 0 Å². The zero-order valence-electron chi connectivity index (χ0n) is 16.7. The fourth-order valence-corrected chi connectivity index (χ4v) is 3.37. The van der Waals surface area contributed by atoms with Crippen LogP contribution in [0.3, 0.4) is 0 Å². The molecule has 1 aliphatic heterocycles. The molecule has 5 nitrogen and oxygen atoms in total. The zero-order chi connectivity index (χ0) is 19.6. The maximum Gasteiger partial charge on any atom is 0.325 e. The van der Waals surface area contributed by atoms with Crippen molar-refractivity contribution in [2.24, 2.45) is 0 Å². The highest BCUT2D eigenvalue weighted by Gasteiger charge is 2.15. The minimum atomic E-state index is -0.195. The van der Waals surface area contributed by atoms with Crippen molar-refractivity contribution in [3.05, 3.63) is 54.6 Å². The maximum atomic E-state index is 12.1. The van der Waals surface area contributed by atoms with Gasteiger partial charge in [0.05, 0.1) is 13.2 Å². The van der Waals surface area contributed by atoms with Gasteiger partial charge in [0.15, 0.2) is 0 Å². The number of rotatable bonds is 9. The number of carbonyl (C=O) groups is 1. The first-order chi connectivity index (χ1) is 13.7. The molecule has 0 spiro atoms. The van der Waals surface area contributed by atoms with Crippen LogP contribution in [0.15, 0.2) is 54.6 Å². The molecule has 1 fully saturated rings. The Hall–Kier alpha value is -2.53. The molecular weight excluding hydrogens is 352 g/mol. The quantitative estimate of drug-likeness (QED) is 0.373. The van der Waals surface area contributed by atoms with Crippen molar-refractivity contribution in [2.45, 2.75) is 25.7 Å². The number of nitrogens with zero attached hydrogens (tertiary/aromatic N) is 2. The van der Waals surface area contributed by atoms with Crippen LogP contribution in [0.25, 0.3) is 0 Å². The van der Waals surface area contributed by atoms with E-state index in [1.54, 1.807) is 12.1 Å². The van der Waals surface area contributed by atoms with E-state index in [2.05, 4.69) is 29.0 Å². The summed E-state index contributed by atoms with van der Waals surface area (Å²) in [6, 6.07) is 17.6. The van der Waals surface area contributed by atoms with Crippen LogP contribution in [0, 0.1) is 0 Å². The van der Waals surface area contributed by atoms with Gasteiger partial charge in [0, 0.05) is 19.3 Å². The van der Waals surface area contributed by atoms with Gasteiger partial charge in [-0.2, -0.15) is 0 Å². The second-order valence-electron chi connectivity index (χ2n) is 7.24. The Labute approximate surface area is 167 Å². The van der Waals surface area contributed by atoms with Gasteiger partial charge < -0.3 is 14.4 Å². The molecule has 0 saturated carbocycles. The minimum absolute atomic E-state index is 0.195. The minimum Gasteiger partial charge on any atom is -0.494 e. The van der Waals surface area contributed by atoms with E-state index >= 15 is 0 Å². The number of ether oxygens (including phenoxy) is 2. The number of esters is 1. The van der Waals surface area contributed by atoms with Crippen LogP contribution in [-0.4, -0.2) is 50.7 Å². The van der Waals surface area contributed by atoms with Gasteiger partial charge in [-0.1, -0.05) is 24.6 Å². The number of piperidine rings is 1. The van der Waals surface area contributed by atoms with Crippen molar-refractivity contribution >= 4 is 11.7 Å². The molecule has 0 amide bonds. The number of benzene rings is 2. The largest absolute Gasteiger partial charge is 0.494 e. The molecule has 0 radical (unpaired) electrons. The highest BCUT2D eigenvalue weighted by atomic mass is 16.5. The van der Waals surface area contributed by atoms with E-state index in [-0.39, 0.29) is 5.97 Å². The molecule has 5 heteroatoms. The first-order valence-corrected chi connectivity index (χ1v) is 10.1. The summed E-state index contributed by atoms with van der Waals surface area (Å²) in [6.45, 7) is 3.91. The topological polar surface area (TPSA) is 42.0 Å². The first-order valence-electron chi connectivity index (χ1n) is 10.1. The summed E-state index contributed by atoms with van der Waals surface area (Å²) in [6.07, 6.45) is 4.52. The van der Waals surface area contributed by atoms with E-state index in [0.717, 1.165) is 31.8 Å². The molecular formula is C23H30N2O3. The maximum absolute atomic E-state index is 12.1. The van der Waals surface area contributed by atoms with Gasteiger partial charge in [-0.15, -0.1) is 0 Å². The highest BCUT2D eigenvalue weighted by Crippen LogP contribution is 2.18. The molecule has 0 aliphatic carbocycles. The Morgan fingerprint density at radius 1 is 0.964 bits per heavy atom. The third-order valence-corrected chi connectivity index (χ3v) is 4.96. The van der Waals surface area contributed by atoms with Gasteiger partial charge in [0.25, 0.3) is 0 Å². The van der Waals surface area contributed by atoms with Gasteiger partial charge in [-0.3, -0.25) is 9.69 Å². The SMILES string of the molecule is CN(CCCOc1ccc(OC(=O)CN2CCCCC2)cc1)c1ccccc1. The Morgan fingerprint density at radius 2 is 1.64 bits per heavy atom. The number of hydrogen-bond donors (Lipinski definition) is 0. The summed E-state index contributed by atoms with van der Waals surface area (Å²) >= 11 is 0. The normalized spacial score (nSPS) is 14.5. The molecule has 0 aromatic heterocycles. The molecule has 2 aromatic carbocycles. The van der Waals surface area contributed by atoms with Crippen molar-refractivity contribution in [3.8, 4) is 11.5 Å². The average molecular weight is 383 g/mol. The lowest BCUT2D eigenvalue weighted by atomic mass is 10.1. The number of anilines is 1. The fourth-order valence-electron chi connectivity index (χ4n) is 3.37. The predicted molar refractivity (Wildman–Crippen MR) is 112 cm³/mol. The summed E-state index contributed by atoms with van der Waals surface area (Å²) < 4.78 is 11.2. The molecule has 28 heavy (non-hydrogen) atoms. The molecule has 0 unspecified atom stereocenters. The summed E-state index contributed by atoms with van der Waals surface area (Å²) in [5.41, 5.74) is 1.21. The van der Waals surface area contributed by atoms with Gasteiger partial charge >= 0.3 is 5.97 Å². The summed E-state index contributed by atoms with van der Waals surface area (Å²) in [7, 11) is 2.09. The Balaban J connectivity index is 1.35. The predicted octanol–water partition coefficient (Wildman–Crippen LogP) is 3.98. The third kappa shape index (κ3) is 6.57. The molecule has 0 bridgehead atoms. The standard InChI is InChI=1S/C23H30N2O3/c1-24(20-9-4-2-5-10-20)15-8-18-27-21-11-13-22(14-12-21)28-23(26)19-25-16-6-3-7-17-25/h2,4-5,9-14H,3,6-8,15-19H2,1H3. The van der Waals surface area contributed by atoms with Crippen molar-refractivity contribution in [1.82, 2.24) is 4.90 Å². The average Bonchev–Trinajstić information content (AvgIpc) is 2.73. The zero-order valence-corrected chi connectivity index (χ0v) is 16.7. The monoisotopic (exact) mass is 382 g/mol. The summed E-state index contributed by atoms with van der Waals surface area (Å²) in [4.78, 5) is 16.4. The second-order valence-corrected chi connectivity index (χ2v) is 7.24. The van der Waals surface area contributed by atoms with Crippen LogP contribution in [0.5, 0.6) is 11.5 Å². The number of likely N-dealkylation sites (tertiary alicyclic amines) is 1. The lowest BCUT2D eigenvalue weighted by molar-refractivity contribution is -0.135. The van der Waals surface area contributed by atoms with Crippen LogP contribution >= 0.6 is 0 Å². The first kappa shape index (κ1) is 20.2. The number of para-hydroxylation sites is 1. The van der Waals surface area contributed by atoms with Crippen molar-refractivity contribution in [2.75, 3.05) is 44.7 Å². The van der Waals surface area contributed by atoms with Gasteiger partial charge in [-0.25, -0.2) is 0 Å². The highest BCUT2D eigenvalue weighted by molar-refractivity contribution is 5.74. The summed E-state index contributed by atoms with van der Waals surface area (Å²) in [5, 5.41) is 0. The van der Waals surface area contributed by atoms with Crippen molar-refractivity contribution in [3.63, 3.8) is 0 Å². The number of carbonyl (C=O) groups excluding carboxylic acids is 1. The second kappa shape index (κ2) is 10.7. The van der Waals surface area contributed by atoms with Crippen LogP contribution in [0.4, 0.5) is 5.69 Å². The lowest BCUT2D eigenvalue weighted by Gasteiger charge is -2.25. The van der Waals surface area contributed by atoms with Crippen LogP contribution in [0.1, 0.15) is 25.7 Å². The fraction of sp³-hybridized carbons (Fsp3) is 0.435. The van der Waals surface area contributed by atoms with Gasteiger partial charge in [-0.05, 0) is 68.8 Å². The van der Waals surface area contributed by atoms with E-state index in [4.69, 9.17) is 9.47 Å². The van der Waals surface area contributed by atoms with Crippen LogP contribution in [0.2, 0.25) is 0 Å². The van der Waals surface area contributed by atoms with Crippen molar-refractivity contribution < 1.29 is 14.3 Å². The Kier molecular flexibility index (Phi) is 7.73. The Morgan fingerprint density at radius 3 is 2.36 bits per heavy atom.